The first-order valence-electron chi connectivity index (χ1n) is 15.0. The van der Waals surface area contributed by atoms with Gasteiger partial charge >= 0.3 is 0 Å². The molecule has 6 nitrogen and oxygen atoms in total. The first kappa shape index (κ1) is 29.8. The minimum atomic E-state index is 0.314. The second-order valence-electron chi connectivity index (χ2n) is 10.9. The fourth-order valence-electron chi connectivity index (χ4n) is 5.98. The summed E-state index contributed by atoms with van der Waals surface area (Å²) in [4.78, 5) is 0. The van der Waals surface area contributed by atoms with Crippen LogP contribution in [0.25, 0.3) is 0 Å². The first-order valence-corrected chi connectivity index (χ1v) is 16.0. The second kappa shape index (κ2) is 14.0. The van der Waals surface area contributed by atoms with Crippen molar-refractivity contribution in [2.45, 2.75) is 32.6 Å². The van der Waals surface area contributed by atoms with Gasteiger partial charge in [0, 0.05) is 29.3 Å². The lowest BCUT2D eigenvalue weighted by molar-refractivity contribution is 0.0271. The van der Waals surface area contributed by atoms with Gasteiger partial charge in [0.1, 0.15) is 36.2 Å². The van der Waals surface area contributed by atoms with Gasteiger partial charge in [0.2, 0.25) is 0 Å². The molecular weight excluding hydrogens is 655 g/mol. The highest BCUT2D eigenvalue weighted by atomic mass is 127. The fourth-order valence-corrected chi connectivity index (χ4v) is 6.74. The van der Waals surface area contributed by atoms with Crippen molar-refractivity contribution in [3.05, 3.63) is 115 Å². The van der Waals surface area contributed by atoms with Crippen LogP contribution in [0.5, 0.6) is 23.0 Å². The summed E-state index contributed by atoms with van der Waals surface area (Å²) in [6.45, 7) is 5.28. The monoisotopic (exact) mass is 692 g/mol. The Balaban J connectivity index is 1.58. The maximum absolute atomic E-state index is 11.6. The highest BCUT2D eigenvalue weighted by Gasteiger charge is 2.21. The van der Waals surface area contributed by atoms with Crippen LogP contribution in [0.3, 0.4) is 0 Å². The van der Waals surface area contributed by atoms with Crippen molar-refractivity contribution < 1.29 is 28.8 Å². The molecule has 4 aromatic rings. The Labute approximate surface area is 267 Å². The number of para-hydroxylation sites is 3. The zero-order chi connectivity index (χ0) is 29.6. The van der Waals surface area contributed by atoms with E-state index in [1.807, 2.05) is 6.92 Å². The molecule has 1 heterocycles. The molecule has 0 unspecified atom stereocenters. The standard InChI is InChI=1S/C36H37IO6/c1-2-41-34-24-6-3-7-25(34)19-27-9-5-11-29-21-31-23-32(37)22-30(33(31)38)20-28-10-4-8-26(18-24)35(28)42-16-14-39-12-13-40-15-17-43-36(27)29/h3-11,22-23,38H,2,12-21H2,1H3. The van der Waals surface area contributed by atoms with Gasteiger partial charge in [0.15, 0.2) is 0 Å². The summed E-state index contributed by atoms with van der Waals surface area (Å²) in [5, 5.41) is 11.6. The molecule has 0 amide bonds. The Morgan fingerprint density at radius 2 is 1.00 bits per heavy atom. The molecule has 2 aliphatic rings. The number of fused-ring (bicyclic) bond motifs is 2. The predicted molar refractivity (Wildman–Crippen MR) is 175 cm³/mol. The maximum Gasteiger partial charge on any atom is 0.126 e. The molecule has 1 N–H and O–H groups in total. The average molecular weight is 693 g/mol. The molecule has 43 heavy (non-hydrogen) atoms. The van der Waals surface area contributed by atoms with Crippen LogP contribution in [-0.4, -0.2) is 51.4 Å². The van der Waals surface area contributed by atoms with Gasteiger partial charge in [-0.15, -0.1) is 0 Å². The van der Waals surface area contributed by atoms with Crippen LogP contribution in [0.2, 0.25) is 0 Å². The van der Waals surface area contributed by atoms with Crippen molar-refractivity contribution in [2.24, 2.45) is 0 Å². The third kappa shape index (κ3) is 6.95. The topological polar surface area (TPSA) is 66.4 Å². The van der Waals surface area contributed by atoms with Crippen molar-refractivity contribution in [1.82, 2.24) is 0 Å². The lowest BCUT2D eigenvalue weighted by Crippen LogP contribution is -2.14. The quantitative estimate of drug-likeness (QED) is 0.204. The molecule has 1 aliphatic carbocycles. The molecule has 1 aliphatic heterocycles. The van der Waals surface area contributed by atoms with E-state index in [0.29, 0.717) is 77.7 Å². The van der Waals surface area contributed by atoms with E-state index in [1.54, 1.807) is 0 Å². The lowest BCUT2D eigenvalue weighted by Gasteiger charge is -2.21. The summed E-state index contributed by atoms with van der Waals surface area (Å²) >= 11 is 2.34. The molecule has 0 spiro atoms. The van der Waals surface area contributed by atoms with Gasteiger partial charge in [-0.1, -0.05) is 54.6 Å². The smallest absolute Gasteiger partial charge is 0.126 e. The van der Waals surface area contributed by atoms with Gasteiger partial charge in [0.05, 0.1) is 33.0 Å². The molecule has 10 bridgehead atoms. The van der Waals surface area contributed by atoms with E-state index in [2.05, 4.69) is 89.3 Å². The zero-order valence-corrected chi connectivity index (χ0v) is 26.7. The number of benzene rings is 4. The maximum atomic E-state index is 11.6. The van der Waals surface area contributed by atoms with Crippen molar-refractivity contribution in [3.8, 4) is 23.0 Å². The summed E-state index contributed by atoms with van der Waals surface area (Å²) in [5.41, 5.74) is 8.13. The summed E-state index contributed by atoms with van der Waals surface area (Å²) < 4.78 is 32.0. The van der Waals surface area contributed by atoms with E-state index >= 15 is 0 Å². The number of hydrogen-bond acceptors (Lipinski definition) is 6. The van der Waals surface area contributed by atoms with E-state index in [-0.39, 0.29) is 0 Å². The largest absolute Gasteiger partial charge is 0.507 e. The van der Waals surface area contributed by atoms with E-state index in [1.165, 1.54) is 0 Å². The van der Waals surface area contributed by atoms with E-state index in [4.69, 9.17) is 23.7 Å². The van der Waals surface area contributed by atoms with Gasteiger partial charge in [-0.25, -0.2) is 0 Å². The van der Waals surface area contributed by atoms with Crippen LogP contribution in [0.15, 0.2) is 66.7 Å². The average Bonchev–Trinajstić information content (AvgIpc) is 2.99. The Morgan fingerprint density at radius 1 is 0.605 bits per heavy atom. The van der Waals surface area contributed by atoms with Gasteiger partial charge in [-0.05, 0) is 86.2 Å². The minimum absolute atomic E-state index is 0.314. The molecule has 4 aromatic carbocycles. The fraction of sp³-hybridized carbons (Fsp3) is 0.333. The third-order valence-electron chi connectivity index (χ3n) is 7.90. The normalized spacial score (nSPS) is 15.6. The Morgan fingerprint density at radius 3 is 1.44 bits per heavy atom. The van der Waals surface area contributed by atoms with Crippen LogP contribution in [0.4, 0.5) is 0 Å². The van der Waals surface area contributed by atoms with Gasteiger partial charge in [0.25, 0.3) is 0 Å². The van der Waals surface area contributed by atoms with Gasteiger partial charge in [-0.2, -0.15) is 0 Å². The Kier molecular flexibility index (Phi) is 9.71. The van der Waals surface area contributed by atoms with Crippen molar-refractivity contribution in [2.75, 3.05) is 46.2 Å². The molecule has 224 valence electrons. The number of phenols is 1. The van der Waals surface area contributed by atoms with Crippen molar-refractivity contribution >= 4 is 22.6 Å². The zero-order valence-electron chi connectivity index (χ0n) is 24.5. The lowest BCUT2D eigenvalue weighted by atomic mass is 9.91. The van der Waals surface area contributed by atoms with Crippen LogP contribution >= 0.6 is 22.6 Å². The number of rotatable bonds is 2. The number of halogens is 1. The summed E-state index contributed by atoms with van der Waals surface area (Å²) in [6.07, 6.45) is 2.37. The summed E-state index contributed by atoms with van der Waals surface area (Å²) in [5.74, 6) is 2.89. The van der Waals surface area contributed by atoms with E-state index in [0.717, 1.165) is 65.3 Å². The van der Waals surface area contributed by atoms with E-state index < -0.39 is 0 Å². The van der Waals surface area contributed by atoms with Crippen LogP contribution in [0, 0.1) is 3.57 Å². The second-order valence-corrected chi connectivity index (χ2v) is 12.1. The summed E-state index contributed by atoms with van der Waals surface area (Å²) in [7, 11) is 0. The predicted octanol–water partition coefficient (Wildman–Crippen LogP) is 6.88. The number of aromatic hydroxyl groups is 1. The molecule has 6 rings (SSSR count). The Hall–Kier alpha value is -3.27. The molecule has 0 saturated carbocycles. The number of ether oxygens (including phenoxy) is 5. The molecule has 0 aromatic heterocycles. The van der Waals surface area contributed by atoms with Crippen molar-refractivity contribution in [1.29, 1.82) is 0 Å². The van der Waals surface area contributed by atoms with Gasteiger partial charge in [-0.3, -0.25) is 0 Å². The molecule has 0 atom stereocenters. The molecule has 7 heteroatoms. The van der Waals surface area contributed by atoms with Gasteiger partial charge < -0.3 is 28.8 Å². The van der Waals surface area contributed by atoms with Crippen LogP contribution in [0.1, 0.15) is 51.4 Å². The molecular formula is C36H37IO6. The Bertz CT molecular complexity index is 1480. The number of phenolic OH excluding ortho intramolecular Hbond substituents is 1. The van der Waals surface area contributed by atoms with E-state index in [9.17, 15) is 5.11 Å². The molecule has 0 radical (unpaired) electrons. The van der Waals surface area contributed by atoms with Crippen LogP contribution < -0.4 is 14.2 Å². The minimum Gasteiger partial charge on any atom is -0.507 e. The molecule has 0 fully saturated rings. The SMILES string of the molecule is CCOc1c2cccc1Cc1cccc3c1OCCOCCOCCOc1c(cccc1C2)Cc1cc(I)cc(c1O)C3. The highest BCUT2D eigenvalue weighted by molar-refractivity contribution is 14.1. The number of hydrogen-bond donors (Lipinski definition) is 1. The van der Waals surface area contributed by atoms with Crippen LogP contribution in [-0.2, 0) is 35.2 Å². The highest BCUT2D eigenvalue weighted by Crippen LogP contribution is 2.39. The summed E-state index contributed by atoms with van der Waals surface area (Å²) in [6, 6.07) is 23.1. The first-order chi connectivity index (χ1) is 21.1. The third-order valence-corrected chi connectivity index (χ3v) is 8.52. The van der Waals surface area contributed by atoms with Crippen molar-refractivity contribution in [3.63, 3.8) is 0 Å². The molecule has 0 saturated heterocycles.